The lowest BCUT2D eigenvalue weighted by Gasteiger charge is -2.26. The van der Waals surface area contributed by atoms with Crippen molar-refractivity contribution in [1.29, 1.82) is 0 Å². The fourth-order valence-electron chi connectivity index (χ4n) is 3.25. The fourth-order valence-corrected chi connectivity index (χ4v) is 4.98. The van der Waals surface area contributed by atoms with Crippen LogP contribution in [0.25, 0.3) is 0 Å². The van der Waals surface area contributed by atoms with Gasteiger partial charge in [0.1, 0.15) is 11.5 Å². The van der Waals surface area contributed by atoms with Gasteiger partial charge in [-0.1, -0.05) is 30.3 Å². The number of sulfone groups is 1. The van der Waals surface area contributed by atoms with Gasteiger partial charge in [0.15, 0.2) is 9.84 Å². The molecule has 0 radical (unpaired) electrons. The minimum Gasteiger partial charge on any atom is -0.368 e. The van der Waals surface area contributed by atoms with E-state index in [4.69, 9.17) is 0 Å². The highest BCUT2D eigenvalue weighted by Crippen LogP contribution is 2.19. The lowest BCUT2D eigenvalue weighted by atomic mass is 10.1. The molecule has 1 unspecified atom stereocenters. The Balaban J connectivity index is 1.58. The summed E-state index contributed by atoms with van der Waals surface area (Å²) in [7, 11) is -3.05. The minimum atomic E-state index is -3.05. The summed E-state index contributed by atoms with van der Waals surface area (Å²) in [5.74, 6) is 0.494. The van der Waals surface area contributed by atoms with Crippen molar-refractivity contribution in [1.82, 2.24) is 14.9 Å². The van der Waals surface area contributed by atoms with Crippen LogP contribution < -0.4 is 5.32 Å². The number of carbonyl (C=O) groups is 1. The SMILES string of the molecule is CCN(C(=O)c1cnc(NCCc2ccccc2)cn1)C1CCS(=O)(=O)C1. The molecule has 3 rings (SSSR count). The van der Waals surface area contributed by atoms with Crippen LogP contribution in [0.15, 0.2) is 42.7 Å². The maximum absolute atomic E-state index is 12.7. The number of anilines is 1. The first-order valence-corrected chi connectivity index (χ1v) is 10.9. The average molecular weight is 388 g/mol. The molecular formula is C19H24N4O3S. The van der Waals surface area contributed by atoms with E-state index >= 15 is 0 Å². The molecule has 1 aromatic carbocycles. The summed E-state index contributed by atoms with van der Waals surface area (Å²) in [5.41, 5.74) is 1.46. The van der Waals surface area contributed by atoms with E-state index < -0.39 is 9.84 Å². The molecule has 27 heavy (non-hydrogen) atoms. The maximum atomic E-state index is 12.7. The number of nitrogens with one attached hydrogen (secondary N) is 1. The molecule has 1 aliphatic rings. The van der Waals surface area contributed by atoms with Gasteiger partial charge in [-0.2, -0.15) is 0 Å². The van der Waals surface area contributed by atoms with Crippen LogP contribution in [0.5, 0.6) is 0 Å². The van der Waals surface area contributed by atoms with Gasteiger partial charge in [0.05, 0.1) is 23.9 Å². The van der Waals surface area contributed by atoms with Crippen LogP contribution >= 0.6 is 0 Å². The highest BCUT2D eigenvalue weighted by Gasteiger charge is 2.34. The van der Waals surface area contributed by atoms with Gasteiger partial charge in [0, 0.05) is 19.1 Å². The summed E-state index contributed by atoms with van der Waals surface area (Å²) in [6.45, 7) is 3.00. The summed E-state index contributed by atoms with van der Waals surface area (Å²) in [4.78, 5) is 22.8. The second-order valence-corrected chi connectivity index (χ2v) is 8.83. The van der Waals surface area contributed by atoms with Crippen LogP contribution in [0.2, 0.25) is 0 Å². The zero-order valence-electron chi connectivity index (χ0n) is 15.3. The number of hydrogen-bond donors (Lipinski definition) is 1. The first-order chi connectivity index (χ1) is 13.0. The standard InChI is InChI=1S/C19H24N4O3S/c1-2-23(16-9-11-27(25,26)14-16)19(24)17-12-22-18(13-21-17)20-10-8-15-6-4-3-5-7-15/h3-7,12-13,16H,2,8-11,14H2,1H3,(H,20,22). The molecular weight excluding hydrogens is 364 g/mol. The van der Waals surface area contributed by atoms with Gasteiger partial charge in [-0.3, -0.25) is 4.79 Å². The molecule has 2 heterocycles. The van der Waals surface area contributed by atoms with Crippen LogP contribution in [0.3, 0.4) is 0 Å². The Morgan fingerprint density at radius 3 is 2.59 bits per heavy atom. The van der Waals surface area contributed by atoms with E-state index in [1.807, 2.05) is 25.1 Å². The monoisotopic (exact) mass is 388 g/mol. The number of carbonyl (C=O) groups excluding carboxylic acids is 1. The van der Waals surface area contributed by atoms with E-state index in [-0.39, 0.29) is 29.1 Å². The summed E-state index contributed by atoms with van der Waals surface area (Å²) < 4.78 is 23.4. The second-order valence-electron chi connectivity index (χ2n) is 6.60. The Labute approximate surface area is 159 Å². The quantitative estimate of drug-likeness (QED) is 0.777. The van der Waals surface area contributed by atoms with E-state index in [2.05, 4.69) is 27.4 Å². The van der Waals surface area contributed by atoms with Crippen molar-refractivity contribution >= 4 is 21.6 Å². The fraction of sp³-hybridized carbons (Fsp3) is 0.421. The molecule has 0 spiro atoms. The summed E-state index contributed by atoms with van der Waals surface area (Å²) in [6, 6.07) is 9.85. The van der Waals surface area contributed by atoms with Crippen molar-refractivity contribution in [2.24, 2.45) is 0 Å². The topological polar surface area (TPSA) is 92.3 Å². The van der Waals surface area contributed by atoms with Gasteiger partial charge in [-0.15, -0.1) is 0 Å². The van der Waals surface area contributed by atoms with Crippen molar-refractivity contribution in [2.75, 3.05) is 29.9 Å². The third-order valence-electron chi connectivity index (χ3n) is 4.68. The molecule has 1 aromatic heterocycles. The molecule has 1 N–H and O–H groups in total. The van der Waals surface area contributed by atoms with Crippen molar-refractivity contribution in [2.45, 2.75) is 25.8 Å². The van der Waals surface area contributed by atoms with Crippen molar-refractivity contribution < 1.29 is 13.2 Å². The molecule has 1 atom stereocenters. The summed E-state index contributed by atoms with van der Waals surface area (Å²) in [6.07, 6.45) is 4.33. The Kier molecular flexibility index (Phi) is 6.05. The van der Waals surface area contributed by atoms with E-state index in [0.29, 0.717) is 25.3 Å². The first-order valence-electron chi connectivity index (χ1n) is 9.10. The summed E-state index contributed by atoms with van der Waals surface area (Å²) in [5, 5.41) is 3.19. The Hall–Kier alpha value is -2.48. The van der Waals surface area contributed by atoms with Crippen molar-refractivity contribution in [3.63, 3.8) is 0 Å². The van der Waals surface area contributed by atoms with E-state index in [0.717, 1.165) is 6.42 Å². The molecule has 0 saturated carbocycles. The van der Waals surface area contributed by atoms with Crippen molar-refractivity contribution in [3.8, 4) is 0 Å². The van der Waals surface area contributed by atoms with Crippen LogP contribution in [0, 0.1) is 0 Å². The zero-order valence-corrected chi connectivity index (χ0v) is 16.2. The molecule has 144 valence electrons. The number of nitrogens with zero attached hydrogens (tertiary/aromatic N) is 3. The zero-order chi connectivity index (χ0) is 19.3. The van der Waals surface area contributed by atoms with Crippen LogP contribution in [-0.2, 0) is 16.3 Å². The Morgan fingerprint density at radius 2 is 2.00 bits per heavy atom. The van der Waals surface area contributed by atoms with E-state index in [1.54, 1.807) is 4.90 Å². The molecule has 7 nitrogen and oxygen atoms in total. The molecule has 0 aliphatic carbocycles. The van der Waals surface area contributed by atoms with Gasteiger partial charge in [0.2, 0.25) is 0 Å². The van der Waals surface area contributed by atoms with Gasteiger partial charge < -0.3 is 10.2 Å². The second kappa shape index (κ2) is 8.47. The lowest BCUT2D eigenvalue weighted by Crippen LogP contribution is -2.41. The highest BCUT2D eigenvalue weighted by molar-refractivity contribution is 7.91. The smallest absolute Gasteiger partial charge is 0.274 e. The van der Waals surface area contributed by atoms with Gasteiger partial charge >= 0.3 is 0 Å². The molecule has 1 fully saturated rings. The third-order valence-corrected chi connectivity index (χ3v) is 6.43. The molecule has 1 aliphatic heterocycles. The predicted molar refractivity (Wildman–Crippen MR) is 104 cm³/mol. The number of benzene rings is 1. The number of amides is 1. The Morgan fingerprint density at radius 1 is 1.22 bits per heavy atom. The van der Waals surface area contributed by atoms with Crippen LogP contribution in [-0.4, -0.2) is 59.8 Å². The highest BCUT2D eigenvalue weighted by atomic mass is 32.2. The van der Waals surface area contributed by atoms with Gasteiger partial charge in [-0.05, 0) is 25.3 Å². The summed E-state index contributed by atoms with van der Waals surface area (Å²) >= 11 is 0. The molecule has 1 amide bonds. The molecule has 1 saturated heterocycles. The minimum absolute atomic E-state index is 0.0269. The normalized spacial score (nSPS) is 18.2. The van der Waals surface area contributed by atoms with Crippen LogP contribution in [0.1, 0.15) is 29.4 Å². The van der Waals surface area contributed by atoms with Crippen molar-refractivity contribution in [3.05, 3.63) is 54.0 Å². The number of rotatable bonds is 7. The lowest BCUT2D eigenvalue weighted by molar-refractivity contribution is 0.0702. The largest absolute Gasteiger partial charge is 0.368 e. The number of hydrogen-bond acceptors (Lipinski definition) is 6. The third kappa shape index (κ3) is 5.03. The molecule has 0 bridgehead atoms. The molecule has 2 aromatic rings. The maximum Gasteiger partial charge on any atom is 0.274 e. The molecule has 8 heteroatoms. The van der Waals surface area contributed by atoms with E-state index in [1.165, 1.54) is 18.0 Å². The van der Waals surface area contributed by atoms with Crippen LogP contribution in [0.4, 0.5) is 5.82 Å². The first kappa shape index (κ1) is 19.3. The average Bonchev–Trinajstić information content (AvgIpc) is 3.03. The van der Waals surface area contributed by atoms with E-state index in [9.17, 15) is 13.2 Å². The van der Waals surface area contributed by atoms with Gasteiger partial charge in [0.25, 0.3) is 5.91 Å². The number of aromatic nitrogens is 2. The predicted octanol–water partition coefficient (Wildman–Crippen LogP) is 1.78. The van der Waals surface area contributed by atoms with Gasteiger partial charge in [-0.25, -0.2) is 18.4 Å². The Bertz CT molecular complexity index is 870.